The number of aryl methyl sites for hydroxylation is 1. The zero-order chi connectivity index (χ0) is 42.3. The number of imidazole rings is 1. The molecular weight excluding hydrogens is 755 g/mol. The van der Waals surface area contributed by atoms with Crippen molar-refractivity contribution in [3.05, 3.63) is 174 Å². The highest BCUT2D eigenvalue weighted by molar-refractivity contribution is 6.08. The molecule has 11 heteroatoms. The third-order valence-corrected chi connectivity index (χ3v) is 10.6. The topological polar surface area (TPSA) is 117 Å². The quantitative estimate of drug-likeness (QED) is 0.0662. The van der Waals surface area contributed by atoms with Gasteiger partial charge in [-0.05, 0) is 68.1 Å². The number of benzene rings is 5. The summed E-state index contributed by atoms with van der Waals surface area (Å²) >= 11 is 0. The smallest absolute Gasteiger partial charge is 0.410 e. The van der Waals surface area contributed by atoms with E-state index in [0.29, 0.717) is 5.69 Å². The van der Waals surface area contributed by atoms with E-state index in [1.807, 2.05) is 83.6 Å². The van der Waals surface area contributed by atoms with Crippen molar-refractivity contribution in [3.8, 4) is 0 Å². The monoisotopic (exact) mass is 805 g/mol. The van der Waals surface area contributed by atoms with E-state index in [2.05, 4.69) is 77.5 Å². The van der Waals surface area contributed by atoms with Crippen LogP contribution in [0.3, 0.4) is 0 Å². The first-order valence-electron chi connectivity index (χ1n) is 20.2. The number of nitrogens with zero attached hydrogens (tertiary/aromatic N) is 4. The van der Waals surface area contributed by atoms with Gasteiger partial charge in [-0.15, -0.1) is 0 Å². The summed E-state index contributed by atoms with van der Waals surface area (Å²) in [5, 5.41) is 4.90. The summed E-state index contributed by atoms with van der Waals surface area (Å²) in [5.41, 5.74) is 5.21. The number of esters is 1. The highest BCUT2D eigenvalue weighted by atomic mass is 16.6. The first-order valence-corrected chi connectivity index (χ1v) is 20.2. The van der Waals surface area contributed by atoms with Gasteiger partial charge in [0.2, 0.25) is 0 Å². The Morgan fingerprint density at radius 1 is 0.767 bits per heavy atom. The molecule has 0 saturated heterocycles. The second-order valence-corrected chi connectivity index (χ2v) is 15.7. The van der Waals surface area contributed by atoms with Crippen molar-refractivity contribution < 1.29 is 28.6 Å². The molecule has 7 aromatic rings. The van der Waals surface area contributed by atoms with Gasteiger partial charge in [0.15, 0.2) is 0 Å². The van der Waals surface area contributed by atoms with E-state index in [4.69, 9.17) is 19.2 Å². The lowest BCUT2D eigenvalue weighted by Gasteiger charge is -2.37. The van der Waals surface area contributed by atoms with Crippen LogP contribution in [0.4, 0.5) is 9.59 Å². The molecule has 11 nitrogen and oxygen atoms in total. The summed E-state index contributed by atoms with van der Waals surface area (Å²) in [4.78, 5) is 46.2. The van der Waals surface area contributed by atoms with Crippen LogP contribution in [0.5, 0.6) is 0 Å². The second kappa shape index (κ2) is 17.9. The molecule has 0 fully saturated rings. The van der Waals surface area contributed by atoms with Gasteiger partial charge in [0.05, 0.1) is 25.7 Å². The summed E-state index contributed by atoms with van der Waals surface area (Å²) in [7, 11) is 1.27. The summed E-state index contributed by atoms with van der Waals surface area (Å²) in [6.07, 6.45) is 2.30. The predicted molar refractivity (Wildman–Crippen MR) is 233 cm³/mol. The number of rotatable bonds is 14. The Balaban J connectivity index is 1.08. The van der Waals surface area contributed by atoms with Gasteiger partial charge in [-0.3, -0.25) is 0 Å². The van der Waals surface area contributed by atoms with Crippen LogP contribution in [0.2, 0.25) is 0 Å². The number of carbonyl (C=O) groups excluding carboxylic acids is 3. The number of aromatic nitrogens is 3. The van der Waals surface area contributed by atoms with Gasteiger partial charge in [0, 0.05) is 47.5 Å². The average Bonchev–Trinajstić information content (AvgIpc) is 3.85. The van der Waals surface area contributed by atoms with Gasteiger partial charge < -0.3 is 33.6 Å². The Kier molecular flexibility index (Phi) is 12.3. The fourth-order valence-electron chi connectivity index (χ4n) is 7.94. The minimum atomic E-state index is -1.11. The number of nitrogens with one attached hydrogen (secondary N) is 1. The van der Waals surface area contributed by atoms with Crippen LogP contribution in [0, 0.1) is 0 Å². The van der Waals surface area contributed by atoms with Crippen LogP contribution in [-0.2, 0) is 44.1 Å². The zero-order valence-electron chi connectivity index (χ0n) is 34.7. The highest BCUT2D eigenvalue weighted by Gasteiger charge is 2.38. The lowest BCUT2D eigenvalue weighted by Crippen LogP contribution is -2.44. The Morgan fingerprint density at radius 2 is 1.35 bits per heavy atom. The van der Waals surface area contributed by atoms with Gasteiger partial charge in [0.1, 0.15) is 23.8 Å². The number of hydrogen-bond acceptors (Lipinski definition) is 7. The number of amides is 2. The van der Waals surface area contributed by atoms with Gasteiger partial charge >= 0.3 is 18.2 Å². The van der Waals surface area contributed by atoms with Gasteiger partial charge in [-0.25, -0.2) is 19.4 Å². The third-order valence-electron chi connectivity index (χ3n) is 10.6. The molecule has 7 rings (SSSR count). The molecule has 0 bridgehead atoms. The van der Waals surface area contributed by atoms with Crippen molar-refractivity contribution in [2.45, 2.75) is 64.4 Å². The lowest BCUT2D eigenvalue weighted by atomic mass is 9.77. The Labute approximate surface area is 350 Å². The van der Waals surface area contributed by atoms with Crippen molar-refractivity contribution >= 4 is 40.0 Å². The zero-order valence-corrected chi connectivity index (χ0v) is 34.7. The van der Waals surface area contributed by atoms with Gasteiger partial charge in [-0.2, -0.15) is 0 Å². The maximum Gasteiger partial charge on any atom is 0.410 e. The minimum absolute atomic E-state index is 0.0319. The summed E-state index contributed by atoms with van der Waals surface area (Å²) in [6, 6.07) is 43.9. The molecule has 2 amide bonds. The largest absolute Gasteiger partial charge is 0.467 e. The Bertz CT molecular complexity index is 2460. The van der Waals surface area contributed by atoms with E-state index in [0.717, 1.165) is 50.6 Å². The molecule has 1 unspecified atom stereocenters. The predicted octanol–water partition coefficient (Wildman–Crippen LogP) is 9.10. The molecule has 2 aromatic heterocycles. The molecule has 60 heavy (non-hydrogen) atoms. The first kappa shape index (κ1) is 41.3. The van der Waals surface area contributed by atoms with Crippen molar-refractivity contribution in [3.63, 3.8) is 0 Å². The Hall–Kier alpha value is -6.88. The molecule has 2 heterocycles. The molecule has 0 saturated carbocycles. The normalized spacial score (nSPS) is 12.2. The summed E-state index contributed by atoms with van der Waals surface area (Å²) in [6.45, 7) is 8.48. The van der Waals surface area contributed by atoms with Crippen molar-refractivity contribution in [1.82, 2.24) is 24.3 Å². The summed E-state index contributed by atoms with van der Waals surface area (Å²) < 4.78 is 20.8. The first-order chi connectivity index (χ1) is 29.0. The third kappa shape index (κ3) is 8.75. The number of para-hydroxylation sites is 1. The molecule has 0 spiro atoms. The van der Waals surface area contributed by atoms with E-state index < -0.39 is 35.3 Å². The van der Waals surface area contributed by atoms with Crippen LogP contribution in [0.15, 0.2) is 146 Å². The fourth-order valence-corrected chi connectivity index (χ4v) is 7.94. The maximum atomic E-state index is 13.5. The van der Waals surface area contributed by atoms with E-state index >= 15 is 0 Å². The molecule has 0 aliphatic carbocycles. The average molecular weight is 806 g/mol. The van der Waals surface area contributed by atoms with E-state index in [1.54, 1.807) is 27.1 Å². The van der Waals surface area contributed by atoms with E-state index in [-0.39, 0.29) is 26.1 Å². The van der Waals surface area contributed by atoms with Crippen molar-refractivity contribution in [2.75, 3.05) is 20.3 Å². The number of carbonyl (C=O) groups is 3. The van der Waals surface area contributed by atoms with E-state index in [9.17, 15) is 14.4 Å². The standard InChI is InChI=1S/C49H51N5O6/c1-6-54-43-25-17-16-24-40(43)41-30-35(26-27-44(41)54)32-52(47(57)60-48(2,3)4)28-29-59-46(56)51-42(45(55)58-5)31-39-33-53(34-50-39)49(36-18-10-7-11-19-36,37-20-12-8-13-21-37)38-22-14-9-15-23-38/h7-27,30,33-34,42H,6,28-29,31-32H2,1-5H3,(H,51,56). The number of fused-ring (bicyclic) bond motifs is 3. The number of hydrogen-bond donors (Lipinski definition) is 1. The van der Waals surface area contributed by atoms with Gasteiger partial charge in [-0.1, -0.05) is 115 Å². The summed E-state index contributed by atoms with van der Waals surface area (Å²) in [5.74, 6) is -0.655. The van der Waals surface area contributed by atoms with Crippen LogP contribution < -0.4 is 5.32 Å². The molecule has 5 aromatic carbocycles. The molecule has 0 aliphatic rings. The lowest BCUT2D eigenvalue weighted by molar-refractivity contribution is -0.143. The number of methoxy groups -OCH3 is 1. The second-order valence-electron chi connectivity index (χ2n) is 15.7. The van der Waals surface area contributed by atoms with Gasteiger partial charge in [0.25, 0.3) is 0 Å². The van der Waals surface area contributed by atoms with E-state index in [1.165, 1.54) is 12.0 Å². The van der Waals surface area contributed by atoms with Crippen LogP contribution in [0.1, 0.15) is 55.6 Å². The SMILES string of the molecule is CCn1c2ccccc2c2cc(CN(CCOC(=O)NC(Cc3cn(C(c4ccccc4)(c4ccccc4)c4ccccc4)cn3)C(=O)OC)C(=O)OC(C)(C)C)ccc21. The molecule has 0 radical (unpaired) electrons. The maximum absolute atomic E-state index is 13.5. The fraction of sp³-hybridized carbons (Fsp3) is 0.265. The van der Waals surface area contributed by atoms with Crippen molar-refractivity contribution in [1.29, 1.82) is 0 Å². The highest BCUT2D eigenvalue weighted by Crippen LogP contribution is 2.41. The van der Waals surface area contributed by atoms with Crippen molar-refractivity contribution in [2.24, 2.45) is 0 Å². The molecule has 308 valence electrons. The molecule has 1 atom stereocenters. The molecular formula is C49H51N5O6. The van der Waals surface area contributed by atoms with Crippen LogP contribution >= 0.6 is 0 Å². The molecule has 1 N–H and O–H groups in total. The minimum Gasteiger partial charge on any atom is -0.467 e. The Morgan fingerprint density at radius 3 is 1.93 bits per heavy atom. The number of ether oxygens (including phenoxy) is 3. The number of alkyl carbamates (subject to hydrolysis) is 1. The van der Waals surface area contributed by atoms with Crippen LogP contribution in [0.25, 0.3) is 21.8 Å². The van der Waals surface area contributed by atoms with Crippen LogP contribution in [-0.4, -0.2) is 69.1 Å². The molecule has 0 aliphatic heterocycles.